The minimum Gasteiger partial charge on any atom is -0.493 e. The van der Waals surface area contributed by atoms with Crippen LogP contribution in [0.1, 0.15) is 24.2 Å². The summed E-state index contributed by atoms with van der Waals surface area (Å²) in [6.07, 6.45) is -0.129. The maximum atomic E-state index is 12.4. The number of ether oxygens (including phenoxy) is 5. The third-order valence-corrected chi connectivity index (χ3v) is 5.21. The van der Waals surface area contributed by atoms with Crippen molar-refractivity contribution in [3.8, 4) is 11.5 Å². The summed E-state index contributed by atoms with van der Waals surface area (Å²) in [7, 11) is 1.44. The number of hydrogen-bond acceptors (Lipinski definition) is 8. The van der Waals surface area contributed by atoms with Crippen molar-refractivity contribution in [1.82, 2.24) is 9.80 Å². The largest absolute Gasteiger partial charge is 0.493 e. The maximum Gasteiger partial charge on any atom is 0.338 e. The van der Waals surface area contributed by atoms with Gasteiger partial charge in [-0.25, -0.2) is 4.79 Å². The second-order valence-electron chi connectivity index (χ2n) is 7.78. The van der Waals surface area contributed by atoms with E-state index in [9.17, 15) is 14.4 Å². The Hall–Kier alpha value is -2.85. The molecule has 2 atom stereocenters. The number of rotatable bonds is 7. The Balaban J connectivity index is 1.53. The van der Waals surface area contributed by atoms with Crippen LogP contribution in [-0.4, -0.2) is 99.5 Å². The minimum atomic E-state index is -0.651. The molecule has 2 amide bonds. The predicted molar refractivity (Wildman–Crippen MR) is 113 cm³/mol. The Kier molecular flexibility index (Phi) is 8.29. The van der Waals surface area contributed by atoms with Crippen LogP contribution < -0.4 is 9.47 Å². The van der Waals surface area contributed by atoms with Crippen molar-refractivity contribution >= 4 is 17.8 Å². The first-order valence-corrected chi connectivity index (χ1v) is 10.6. The molecule has 2 aliphatic heterocycles. The van der Waals surface area contributed by atoms with Crippen LogP contribution in [0.15, 0.2) is 18.2 Å². The van der Waals surface area contributed by atoms with E-state index in [4.69, 9.17) is 23.7 Å². The molecule has 2 saturated heterocycles. The molecule has 1 aromatic carbocycles. The van der Waals surface area contributed by atoms with E-state index in [0.717, 1.165) is 0 Å². The third kappa shape index (κ3) is 6.33. The highest BCUT2D eigenvalue weighted by Gasteiger charge is 2.26. The van der Waals surface area contributed by atoms with E-state index in [-0.39, 0.29) is 48.5 Å². The van der Waals surface area contributed by atoms with E-state index in [0.29, 0.717) is 45.1 Å². The van der Waals surface area contributed by atoms with Crippen LogP contribution in [0.3, 0.4) is 0 Å². The van der Waals surface area contributed by atoms with E-state index >= 15 is 0 Å². The first kappa shape index (κ1) is 23.8. The van der Waals surface area contributed by atoms with Crippen LogP contribution in [0.25, 0.3) is 0 Å². The number of nitrogens with zero attached hydrogens (tertiary/aromatic N) is 2. The molecule has 0 saturated carbocycles. The summed E-state index contributed by atoms with van der Waals surface area (Å²) in [5.74, 6) is -0.450. The van der Waals surface area contributed by atoms with Crippen molar-refractivity contribution in [2.45, 2.75) is 26.1 Å². The smallest absolute Gasteiger partial charge is 0.338 e. The Labute approximate surface area is 187 Å². The van der Waals surface area contributed by atoms with Gasteiger partial charge >= 0.3 is 5.97 Å². The normalized spacial score (nSPS) is 21.1. The van der Waals surface area contributed by atoms with Crippen molar-refractivity contribution in [2.75, 3.05) is 59.7 Å². The molecule has 2 heterocycles. The summed E-state index contributed by atoms with van der Waals surface area (Å²) in [6.45, 7) is 6.30. The molecule has 32 heavy (non-hydrogen) atoms. The zero-order valence-corrected chi connectivity index (χ0v) is 18.7. The fourth-order valence-electron chi connectivity index (χ4n) is 3.64. The SMILES string of the molecule is COc1cc(C(=O)OCC(=O)N2CC(C)OC(C)C2)ccc1OCC(=O)N1CCOCC1. The number of amides is 2. The van der Waals surface area contributed by atoms with Gasteiger partial charge in [-0.05, 0) is 32.0 Å². The zero-order valence-electron chi connectivity index (χ0n) is 18.7. The minimum absolute atomic E-state index is 0.0645. The molecule has 0 aromatic heterocycles. The number of carbonyl (C=O) groups excluding carboxylic acids is 3. The molecule has 10 nitrogen and oxygen atoms in total. The van der Waals surface area contributed by atoms with E-state index < -0.39 is 5.97 Å². The Morgan fingerprint density at radius 3 is 2.28 bits per heavy atom. The number of benzene rings is 1. The monoisotopic (exact) mass is 450 g/mol. The van der Waals surface area contributed by atoms with Crippen molar-refractivity contribution < 1.29 is 38.1 Å². The standard InChI is InChI=1S/C22H30N2O8/c1-15-11-24(12-16(2)32-15)21(26)14-31-22(27)17-4-5-18(19(10-17)28-3)30-13-20(25)23-6-8-29-9-7-23/h4-5,10,15-16H,6-9,11-14H2,1-3H3. The second-order valence-corrected chi connectivity index (χ2v) is 7.78. The Morgan fingerprint density at radius 2 is 1.62 bits per heavy atom. The lowest BCUT2D eigenvalue weighted by Crippen LogP contribution is -2.49. The highest BCUT2D eigenvalue weighted by Crippen LogP contribution is 2.28. The molecular formula is C22H30N2O8. The summed E-state index contributed by atoms with van der Waals surface area (Å²) in [6, 6.07) is 4.50. The Bertz CT molecular complexity index is 814. The van der Waals surface area contributed by atoms with Gasteiger partial charge in [0.15, 0.2) is 24.7 Å². The lowest BCUT2D eigenvalue weighted by molar-refractivity contribution is -0.146. The molecule has 0 bridgehead atoms. The molecule has 0 N–H and O–H groups in total. The van der Waals surface area contributed by atoms with E-state index in [1.54, 1.807) is 9.80 Å². The first-order valence-electron chi connectivity index (χ1n) is 10.6. The molecule has 3 rings (SSSR count). The van der Waals surface area contributed by atoms with Crippen molar-refractivity contribution in [2.24, 2.45) is 0 Å². The summed E-state index contributed by atoms with van der Waals surface area (Å²) < 4.78 is 26.9. The van der Waals surface area contributed by atoms with Gasteiger partial charge in [0.2, 0.25) is 0 Å². The topological polar surface area (TPSA) is 104 Å². The lowest BCUT2D eigenvalue weighted by Gasteiger charge is -2.35. The number of hydrogen-bond donors (Lipinski definition) is 0. The molecule has 0 radical (unpaired) electrons. The number of morpholine rings is 2. The average molecular weight is 450 g/mol. The molecule has 2 aliphatic rings. The van der Waals surface area contributed by atoms with Crippen LogP contribution >= 0.6 is 0 Å². The van der Waals surface area contributed by atoms with Crippen LogP contribution in [0, 0.1) is 0 Å². The van der Waals surface area contributed by atoms with Gasteiger partial charge in [0.1, 0.15) is 0 Å². The van der Waals surface area contributed by atoms with Gasteiger partial charge in [0.25, 0.3) is 11.8 Å². The van der Waals surface area contributed by atoms with Gasteiger partial charge in [-0.2, -0.15) is 0 Å². The van der Waals surface area contributed by atoms with E-state index in [1.165, 1.54) is 25.3 Å². The molecule has 1 aromatic rings. The zero-order chi connectivity index (χ0) is 23.1. The van der Waals surface area contributed by atoms with Crippen LogP contribution in [0.4, 0.5) is 0 Å². The maximum absolute atomic E-state index is 12.4. The first-order chi connectivity index (χ1) is 15.4. The molecule has 2 unspecified atom stereocenters. The van der Waals surface area contributed by atoms with Crippen molar-refractivity contribution in [3.05, 3.63) is 23.8 Å². The molecule has 0 spiro atoms. The van der Waals surface area contributed by atoms with Crippen molar-refractivity contribution in [1.29, 1.82) is 0 Å². The van der Waals surface area contributed by atoms with Gasteiger partial charge in [0, 0.05) is 26.2 Å². The van der Waals surface area contributed by atoms with Gasteiger partial charge < -0.3 is 33.5 Å². The summed E-state index contributed by atoms with van der Waals surface area (Å²) in [4.78, 5) is 40.4. The van der Waals surface area contributed by atoms with Gasteiger partial charge in [-0.1, -0.05) is 0 Å². The van der Waals surface area contributed by atoms with Crippen LogP contribution in [-0.2, 0) is 23.8 Å². The summed E-state index contributed by atoms with van der Waals surface area (Å²) >= 11 is 0. The third-order valence-electron chi connectivity index (χ3n) is 5.21. The second kappa shape index (κ2) is 11.1. The van der Waals surface area contributed by atoms with Crippen LogP contribution in [0.2, 0.25) is 0 Å². The molecule has 10 heteroatoms. The highest BCUT2D eigenvalue weighted by atomic mass is 16.5. The summed E-state index contributed by atoms with van der Waals surface area (Å²) in [5, 5.41) is 0. The predicted octanol–water partition coefficient (Wildman–Crippen LogP) is 0.725. The number of esters is 1. The van der Waals surface area contributed by atoms with Gasteiger partial charge in [-0.15, -0.1) is 0 Å². The number of carbonyl (C=O) groups is 3. The molecular weight excluding hydrogens is 420 g/mol. The van der Waals surface area contributed by atoms with E-state index in [2.05, 4.69) is 0 Å². The fraction of sp³-hybridized carbons (Fsp3) is 0.591. The van der Waals surface area contributed by atoms with Gasteiger partial charge in [0.05, 0.1) is 38.1 Å². The quantitative estimate of drug-likeness (QED) is 0.560. The highest BCUT2D eigenvalue weighted by molar-refractivity contribution is 5.92. The summed E-state index contributed by atoms with van der Waals surface area (Å²) in [5.41, 5.74) is 0.213. The average Bonchev–Trinajstić information content (AvgIpc) is 2.80. The Morgan fingerprint density at radius 1 is 0.969 bits per heavy atom. The van der Waals surface area contributed by atoms with Gasteiger partial charge in [-0.3, -0.25) is 9.59 Å². The molecule has 0 aliphatic carbocycles. The molecule has 2 fully saturated rings. The van der Waals surface area contributed by atoms with E-state index in [1.807, 2.05) is 13.8 Å². The fourth-order valence-corrected chi connectivity index (χ4v) is 3.64. The van der Waals surface area contributed by atoms with Crippen molar-refractivity contribution in [3.63, 3.8) is 0 Å². The lowest BCUT2D eigenvalue weighted by atomic mass is 10.2. The molecule has 176 valence electrons. The van der Waals surface area contributed by atoms with Crippen LogP contribution in [0.5, 0.6) is 11.5 Å². The number of methoxy groups -OCH3 is 1.